The van der Waals surface area contributed by atoms with E-state index >= 15 is 0 Å². The highest BCUT2D eigenvalue weighted by Gasteiger charge is 2.16. The summed E-state index contributed by atoms with van der Waals surface area (Å²) in [5.74, 6) is 0.138. The minimum atomic E-state index is 0.138. The number of benzene rings is 1. The third-order valence-corrected chi connectivity index (χ3v) is 2.89. The van der Waals surface area contributed by atoms with Gasteiger partial charge in [0.05, 0.1) is 0 Å². The number of amides is 1. The lowest BCUT2D eigenvalue weighted by Gasteiger charge is -2.17. The fourth-order valence-electron chi connectivity index (χ4n) is 2.18. The fourth-order valence-corrected chi connectivity index (χ4v) is 2.18. The summed E-state index contributed by atoms with van der Waals surface area (Å²) in [5.41, 5.74) is 3.81. The molecule has 1 aromatic carbocycles. The van der Waals surface area contributed by atoms with Gasteiger partial charge in [-0.3, -0.25) is 4.79 Å². The van der Waals surface area contributed by atoms with E-state index in [4.69, 9.17) is 0 Å². The molecule has 1 unspecified atom stereocenters. The van der Waals surface area contributed by atoms with E-state index in [-0.39, 0.29) is 11.9 Å². The lowest BCUT2D eigenvalue weighted by molar-refractivity contribution is -0.120. The molecular formula is C13H18N2O. The zero-order chi connectivity index (χ0) is 11.5. The van der Waals surface area contributed by atoms with Crippen molar-refractivity contribution in [1.29, 1.82) is 0 Å². The Morgan fingerprint density at radius 1 is 1.19 bits per heavy atom. The van der Waals surface area contributed by atoms with Crippen LogP contribution in [0.3, 0.4) is 0 Å². The third kappa shape index (κ3) is 2.61. The Labute approximate surface area is 96.2 Å². The number of aryl methyl sites for hydroxylation is 2. The summed E-state index contributed by atoms with van der Waals surface area (Å²) < 4.78 is 0. The summed E-state index contributed by atoms with van der Waals surface area (Å²) >= 11 is 0. The first-order chi connectivity index (χ1) is 7.65. The minimum Gasteiger partial charge on any atom is -0.354 e. The van der Waals surface area contributed by atoms with Crippen LogP contribution in [0.2, 0.25) is 0 Å². The molecule has 1 heterocycles. The van der Waals surface area contributed by atoms with Crippen LogP contribution in [0, 0.1) is 13.8 Å². The molecule has 0 aromatic heterocycles. The first-order valence-corrected chi connectivity index (χ1v) is 5.73. The van der Waals surface area contributed by atoms with Gasteiger partial charge < -0.3 is 10.6 Å². The summed E-state index contributed by atoms with van der Waals surface area (Å²) in [7, 11) is 0. The smallest absolute Gasteiger partial charge is 0.221 e. The molecule has 1 amide bonds. The first-order valence-electron chi connectivity index (χ1n) is 5.73. The summed E-state index contributed by atoms with van der Waals surface area (Å²) in [6.45, 7) is 5.64. The monoisotopic (exact) mass is 218 g/mol. The van der Waals surface area contributed by atoms with E-state index in [2.05, 4.69) is 42.7 Å². The summed E-state index contributed by atoms with van der Waals surface area (Å²) in [5, 5.41) is 6.33. The van der Waals surface area contributed by atoms with Gasteiger partial charge in [0.15, 0.2) is 0 Å². The van der Waals surface area contributed by atoms with E-state index < -0.39 is 0 Å². The van der Waals surface area contributed by atoms with Gasteiger partial charge in [-0.2, -0.15) is 0 Å². The quantitative estimate of drug-likeness (QED) is 0.749. The lowest BCUT2D eigenvalue weighted by Crippen LogP contribution is -2.29. The van der Waals surface area contributed by atoms with Crippen molar-refractivity contribution < 1.29 is 4.79 Å². The van der Waals surface area contributed by atoms with E-state index in [1.54, 1.807) is 0 Å². The molecule has 3 nitrogen and oxygen atoms in total. The Morgan fingerprint density at radius 3 is 2.56 bits per heavy atom. The van der Waals surface area contributed by atoms with Crippen LogP contribution in [0.25, 0.3) is 0 Å². The molecule has 0 bridgehead atoms. The normalized spacial score (nSPS) is 21.4. The number of rotatable bonds is 1. The largest absolute Gasteiger partial charge is 0.354 e. The van der Waals surface area contributed by atoms with E-state index in [9.17, 15) is 4.79 Å². The molecular weight excluding hydrogens is 200 g/mol. The Hall–Kier alpha value is -1.35. The summed E-state index contributed by atoms with van der Waals surface area (Å²) in [6, 6.07) is 6.77. The average Bonchev–Trinajstić information content (AvgIpc) is 2.41. The topological polar surface area (TPSA) is 41.1 Å². The van der Waals surface area contributed by atoms with E-state index in [1.165, 1.54) is 16.7 Å². The zero-order valence-corrected chi connectivity index (χ0v) is 9.84. The predicted molar refractivity (Wildman–Crippen MR) is 64.3 cm³/mol. The van der Waals surface area contributed by atoms with Crippen molar-refractivity contribution in [3.8, 4) is 0 Å². The van der Waals surface area contributed by atoms with E-state index in [0.717, 1.165) is 6.54 Å². The molecule has 1 saturated heterocycles. The van der Waals surface area contributed by atoms with Crippen molar-refractivity contribution in [3.63, 3.8) is 0 Å². The van der Waals surface area contributed by atoms with Crippen molar-refractivity contribution in [2.24, 2.45) is 0 Å². The molecule has 2 N–H and O–H groups in total. The third-order valence-electron chi connectivity index (χ3n) is 2.89. The van der Waals surface area contributed by atoms with Gasteiger partial charge in [-0.15, -0.1) is 0 Å². The van der Waals surface area contributed by atoms with Crippen molar-refractivity contribution >= 4 is 5.91 Å². The molecule has 1 fully saturated rings. The number of nitrogens with one attached hydrogen (secondary N) is 2. The van der Waals surface area contributed by atoms with Crippen LogP contribution in [0.5, 0.6) is 0 Å². The van der Waals surface area contributed by atoms with Crippen LogP contribution in [-0.4, -0.2) is 19.0 Å². The maximum atomic E-state index is 11.2. The van der Waals surface area contributed by atoms with Crippen molar-refractivity contribution in [2.75, 3.05) is 13.1 Å². The standard InChI is InChI=1S/C13H18N2O/c1-9-5-10(2)7-11(6-9)12-8-15-13(16)3-4-14-12/h5-7,12,14H,3-4,8H2,1-2H3,(H,15,16). The van der Waals surface area contributed by atoms with Gasteiger partial charge in [-0.05, 0) is 19.4 Å². The Bertz CT molecular complexity index is 381. The van der Waals surface area contributed by atoms with Crippen LogP contribution in [0.15, 0.2) is 18.2 Å². The number of hydrogen-bond donors (Lipinski definition) is 2. The zero-order valence-electron chi connectivity index (χ0n) is 9.84. The molecule has 0 spiro atoms. The van der Waals surface area contributed by atoms with Crippen LogP contribution < -0.4 is 10.6 Å². The molecule has 1 aromatic rings. The second-order valence-corrected chi connectivity index (χ2v) is 4.48. The van der Waals surface area contributed by atoms with Gasteiger partial charge in [0.2, 0.25) is 5.91 Å². The van der Waals surface area contributed by atoms with Gasteiger partial charge in [0.25, 0.3) is 0 Å². The Kier molecular flexibility index (Phi) is 3.25. The SMILES string of the molecule is Cc1cc(C)cc(C2CNC(=O)CCN2)c1. The van der Waals surface area contributed by atoms with E-state index in [1.807, 2.05) is 0 Å². The van der Waals surface area contributed by atoms with Crippen molar-refractivity contribution in [3.05, 3.63) is 34.9 Å². The van der Waals surface area contributed by atoms with Gasteiger partial charge in [0, 0.05) is 25.6 Å². The number of hydrogen-bond acceptors (Lipinski definition) is 2. The van der Waals surface area contributed by atoms with Gasteiger partial charge in [-0.25, -0.2) is 0 Å². The Morgan fingerprint density at radius 2 is 1.88 bits per heavy atom. The average molecular weight is 218 g/mol. The molecule has 0 radical (unpaired) electrons. The lowest BCUT2D eigenvalue weighted by atomic mass is 10.0. The molecule has 0 aliphatic carbocycles. The van der Waals surface area contributed by atoms with Crippen molar-refractivity contribution in [2.45, 2.75) is 26.3 Å². The molecule has 1 aliphatic rings. The minimum absolute atomic E-state index is 0.138. The second kappa shape index (κ2) is 4.66. The van der Waals surface area contributed by atoms with Crippen LogP contribution in [0.4, 0.5) is 0 Å². The van der Waals surface area contributed by atoms with Crippen LogP contribution in [0.1, 0.15) is 29.2 Å². The maximum absolute atomic E-state index is 11.2. The van der Waals surface area contributed by atoms with Gasteiger partial charge in [-0.1, -0.05) is 29.3 Å². The molecule has 1 aliphatic heterocycles. The summed E-state index contributed by atoms with van der Waals surface area (Å²) in [6.07, 6.45) is 0.571. The molecule has 2 rings (SSSR count). The highest BCUT2D eigenvalue weighted by molar-refractivity contribution is 5.76. The second-order valence-electron chi connectivity index (χ2n) is 4.48. The number of carbonyl (C=O) groups is 1. The highest BCUT2D eigenvalue weighted by atomic mass is 16.1. The number of carbonyl (C=O) groups excluding carboxylic acids is 1. The molecule has 16 heavy (non-hydrogen) atoms. The van der Waals surface area contributed by atoms with E-state index in [0.29, 0.717) is 13.0 Å². The highest BCUT2D eigenvalue weighted by Crippen LogP contribution is 2.17. The molecule has 3 heteroatoms. The molecule has 0 saturated carbocycles. The van der Waals surface area contributed by atoms with Crippen LogP contribution in [-0.2, 0) is 4.79 Å². The molecule has 86 valence electrons. The fraction of sp³-hybridized carbons (Fsp3) is 0.462. The molecule has 1 atom stereocenters. The predicted octanol–water partition coefficient (Wildman–Crippen LogP) is 1.45. The van der Waals surface area contributed by atoms with Gasteiger partial charge >= 0.3 is 0 Å². The first kappa shape index (κ1) is 11.1. The van der Waals surface area contributed by atoms with Crippen LogP contribution >= 0.6 is 0 Å². The van der Waals surface area contributed by atoms with Crippen molar-refractivity contribution in [1.82, 2.24) is 10.6 Å². The maximum Gasteiger partial charge on any atom is 0.221 e. The van der Waals surface area contributed by atoms with Gasteiger partial charge in [0.1, 0.15) is 0 Å². The Balaban J connectivity index is 2.19. The summed E-state index contributed by atoms with van der Waals surface area (Å²) in [4.78, 5) is 11.2.